The standard InChI is InChI=1S/C14H21BrN2O2/c1-2-3-9-19-10-8-16-11-14(18)17-13-6-4-12(15)5-7-13/h4-7,16H,2-3,8-11H2,1H3,(H,17,18). The lowest BCUT2D eigenvalue weighted by molar-refractivity contribution is -0.115. The number of unbranched alkanes of at least 4 members (excludes halogenated alkanes) is 1. The first-order chi connectivity index (χ1) is 9.22. The van der Waals surface area contributed by atoms with E-state index in [-0.39, 0.29) is 5.91 Å². The second-order valence-electron chi connectivity index (χ2n) is 4.20. The van der Waals surface area contributed by atoms with Gasteiger partial charge in [0.15, 0.2) is 0 Å². The van der Waals surface area contributed by atoms with E-state index in [1.54, 1.807) is 0 Å². The Morgan fingerprint density at radius 1 is 1.26 bits per heavy atom. The molecule has 5 heteroatoms. The maximum absolute atomic E-state index is 11.6. The van der Waals surface area contributed by atoms with Crippen LogP contribution in [0.5, 0.6) is 0 Å². The number of halogens is 1. The molecule has 0 aromatic heterocycles. The highest BCUT2D eigenvalue weighted by molar-refractivity contribution is 9.10. The molecular formula is C14H21BrN2O2. The lowest BCUT2D eigenvalue weighted by atomic mass is 10.3. The first-order valence-corrected chi connectivity index (χ1v) is 7.35. The van der Waals surface area contributed by atoms with E-state index < -0.39 is 0 Å². The minimum absolute atomic E-state index is 0.0455. The van der Waals surface area contributed by atoms with Crippen molar-refractivity contribution in [1.82, 2.24) is 5.32 Å². The second-order valence-corrected chi connectivity index (χ2v) is 5.11. The average Bonchev–Trinajstić information content (AvgIpc) is 2.40. The van der Waals surface area contributed by atoms with Gasteiger partial charge in [-0.25, -0.2) is 0 Å². The Morgan fingerprint density at radius 2 is 2.00 bits per heavy atom. The molecule has 0 saturated heterocycles. The molecule has 0 unspecified atom stereocenters. The molecule has 1 rings (SSSR count). The third kappa shape index (κ3) is 7.97. The fourth-order valence-electron chi connectivity index (χ4n) is 1.43. The van der Waals surface area contributed by atoms with Crippen molar-refractivity contribution >= 4 is 27.5 Å². The number of nitrogens with one attached hydrogen (secondary N) is 2. The van der Waals surface area contributed by atoms with Gasteiger partial charge in [0.1, 0.15) is 0 Å². The molecule has 0 radical (unpaired) electrons. The summed E-state index contributed by atoms with van der Waals surface area (Å²) in [7, 11) is 0. The fraction of sp³-hybridized carbons (Fsp3) is 0.500. The van der Waals surface area contributed by atoms with Crippen LogP contribution in [0.25, 0.3) is 0 Å². The molecule has 2 N–H and O–H groups in total. The Hall–Kier alpha value is -0.910. The number of benzene rings is 1. The monoisotopic (exact) mass is 328 g/mol. The summed E-state index contributed by atoms with van der Waals surface area (Å²) < 4.78 is 6.38. The second kappa shape index (κ2) is 9.95. The molecule has 106 valence electrons. The SMILES string of the molecule is CCCCOCCNCC(=O)Nc1ccc(Br)cc1. The molecule has 0 aliphatic heterocycles. The highest BCUT2D eigenvalue weighted by Gasteiger charge is 2.01. The third-order valence-electron chi connectivity index (χ3n) is 2.48. The predicted molar refractivity (Wildman–Crippen MR) is 81.4 cm³/mol. The lowest BCUT2D eigenvalue weighted by Gasteiger charge is -2.07. The van der Waals surface area contributed by atoms with Gasteiger partial charge in [-0.1, -0.05) is 29.3 Å². The molecule has 0 atom stereocenters. The van der Waals surface area contributed by atoms with Gasteiger partial charge in [-0.05, 0) is 30.7 Å². The largest absolute Gasteiger partial charge is 0.380 e. The van der Waals surface area contributed by atoms with E-state index in [0.717, 1.165) is 29.6 Å². The number of ether oxygens (including phenoxy) is 1. The first-order valence-electron chi connectivity index (χ1n) is 6.56. The lowest BCUT2D eigenvalue weighted by Crippen LogP contribution is -2.30. The van der Waals surface area contributed by atoms with Gasteiger partial charge < -0.3 is 15.4 Å². The highest BCUT2D eigenvalue weighted by Crippen LogP contribution is 2.13. The number of carbonyl (C=O) groups excluding carboxylic acids is 1. The molecule has 4 nitrogen and oxygen atoms in total. The minimum atomic E-state index is -0.0455. The Bertz CT molecular complexity index is 368. The number of hydrogen-bond donors (Lipinski definition) is 2. The van der Waals surface area contributed by atoms with Crippen molar-refractivity contribution in [2.45, 2.75) is 19.8 Å². The molecule has 1 aromatic rings. The Morgan fingerprint density at radius 3 is 2.68 bits per heavy atom. The van der Waals surface area contributed by atoms with Crippen LogP contribution in [-0.2, 0) is 9.53 Å². The molecule has 0 fully saturated rings. The first kappa shape index (κ1) is 16.1. The van der Waals surface area contributed by atoms with Crippen LogP contribution in [0.3, 0.4) is 0 Å². The van der Waals surface area contributed by atoms with E-state index in [9.17, 15) is 4.79 Å². The summed E-state index contributed by atoms with van der Waals surface area (Å²) in [6, 6.07) is 7.50. The summed E-state index contributed by atoms with van der Waals surface area (Å²) in [5, 5.41) is 5.86. The summed E-state index contributed by atoms with van der Waals surface area (Å²) in [5.74, 6) is -0.0455. The molecule has 0 heterocycles. The average molecular weight is 329 g/mol. The number of hydrogen-bond acceptors (Lipinski definition) is 3. The van der Waals surface area contributed by atoms with E-state index in [2.05, 4.69) is 33.5 Å². The van der Waals surface area contributed by atoms with Gasteiger partial charge in [0.05, 0.1) is 13.2 Å². The van der Waals surface area contributed by atoms with Gasteiger partial charge in [-0.3, -0.25) is 4.79 Å². The van der Waals surface area contributed by atoms with Crippen LogP contribution < -0.4 is 10.6 Å². The molecule has 0 bridgehead atoms. The maximum atomic E-state index is 11.6. The quantitative estimate of drug-likeness (QED) is 0.685. The summed E-state index contributed by atoms with van der Waals surface area (Å²) in [4.78, 5) is 11.6. The number of anilines is 1. The molecule has 1 aromatic carbocycles. The van der Waals surface area contributed by atoms with Crippen molar-refractivity contribution < 1.29 is 9.53 Å². The van der Waals surface area contributed by atoms with Crippen LogP contribution in [0.2, 0.25) is 0 Å². The highest BCUT2D eigenvalue weighted by atomic mass is 79.9. The molecule has 19 heavy (non-hydrogen) atoms. The van der Waals surface area contributed by atoms with E-state index in [0.29, 0.717) is 19.7 Å². The summed E-state index contributed by atoms with van der Waals surface area (Å²) in [6.07, 6.45) is 2.23. The molecule has 0 aliphatic carbocycles. The zero-order valence-electron chi connectivity index (χ0n) is 11.2. The summed E-state index contributed by atoms with van der Waals surface area (Å²) in [5.41, 5.74) is 0.800. The van der Waals surface area contributed by atoms with Gasteiger partial charge in [0, 0.05) is 23.3 Å². The number of rotatable bonds is 9. The van der Waals surface area contributed by atoms with Gasteiger partial charge in [-0.2, -0.15) is 0 Å². The normalized spacial score (nSPS) is 10.4. The minimum Gasteiger partial charge on any atom is -0.380 e. The van der Waals surface area contributed by atoms with Crippen LogP contribution in [0.15, 0.2) is 28.7 Å². The van der Waals surface area contributed by atoms with Gasteiger partial charge >= 0.3 is 0 Å². The molecular weight excluding hydrogens is 308 g/mol. The zero-order valence-corrected chi connectivity index (χ0v) is 12.8. The Balaban J connectivity index is 2.06. The van der Waals surface area contributed by atoms with Gasteiger partial charge in [-0.15, -0.1) is 0 Å². The number of amides is 1. The fourth-order valence-corrected chi connectivity index (χ4v) is 1.70. The molecule has 0 spiro atoms. The van der Waals surface area contributed by atoms with E-state index >= 15 is 0 Å². The van der Waals surface area contributed by atoms with Crippen molar-refractivity contribution in [3.63, 3.8) is 0 Å². The number of carbonyl (C=O) groups is 1. The van der Waals surface area contributed by atoms with Crippen molar-refractivity contribution in [2.75, 3.05) is 31.6 Å². The topological polar surface area (TPSA) is 50.4 Å². The predicted octanol–water partition coefficient (Wildman–Crippen LogP) is 2.79. The summed E-state index contributed by atoms with van der Waals surface area (Å²) >= 11 is 3.35. The van der Waals surface area contributed by atoms with Crippen LogP contribution in [0, 0.1) is 0 Å². The van der Waals surface area contributed by atoms with Crippen LogP contribution in [0.1, 0.15) is 19.8 Å². The van der Waals surface area contributed by atoms with Crippen LogP contribution in [-0.4, -0.2) is 32.2 Å². The van der Waals surface area contributed by atoms with Crippen LogP contribution in [0.4, 0.5) is 5.69 Å². The Labute approximate surface area is 123 Å². The third-order valence-corrected chi connectivity index (χ3v) is 3.01. The van der Waals surface area contributed by atoms with Crippen LogP contribution >= 0.6 is 15.9 Å². The molecule has 0 saturated carbocycles. The van der Waals surface area contributed by atoms with Crippen molar-refractivity contribution in [3.8, 4) is 0 Å². The van der Waals surface area contributed by atoms with Gasteiger partial charge in [0.25, 0.3) is 0 Å². The van der Waals surface area contributed by atoms with E-state index in [4.69, 9.17) is 4.74 Å². The van der Waals surface area contributed by atoms with Crippen molar-refractivity contribution in [1.29, 1.82) is 0 Å². The maximum Gasteiger partial charge on any atom is 0.238 e. The molecule has 1 amide bonds. The van der Waals surface area contributed by atoms with E-state index in [1.165, 1.54) is 0 Å². The zero-order chi connectivity index (χ0) is 13.9. The van der Waals surface area contributed by atoms with E-state index in [1.807, 2.05) is 24.3 Å². The van der Waals surface area contributed by atoms with Gasteiger partial charge in [0.2, 0.25) is 5.91 Å². The molecule has 0 aliphatic rings. The summed E-state index contributed by atoms with van der Waals surface area (Å²) in [6.45, 7) is 4.56. The van der Waals surface area contributed by atoms with Crippen molar-refractivity contribution in [3.05, 3.63) is 28.7 Å². The Kier molecular flexibility index (Phi) is 8.45. The smallest absolute Gasteiger partial charge is 0.238 e. The van der Waals surface area contributed by atoms with Crippen molar-refractivity contribution in [2.24, 2.45) is 0 Å².